The van der Waals surface area contributed by atoms with E-state index in [1.54, 1.807) is 24.3 Å². The SMILES string of the molecule is COc1cc(C(=O)Nc2ccc(Cl)cn2)cc2c1OCCO2. The number of rotatable bonds is 3. The fourth-order valence-corrected chi connectivity index (χ4v) is 2.15. The Morgan fingerprint density at radius 2 is 2.14 bits per heavy atom. The number of aromatic nitrogens is 1. The van der Waals surface area contributed by atoms with Crippen molar-refractivity contribution in [1.82, 2.24) is 4.98 Å². The lowest BCUT2D eigenvalue weighted by molar-refractivity contribution is 0.102. The molecule has 1 N–H and O–H groups in total. The fourth-order valence-electron chi connectivity index (χ4n) is 2.04. The molecule has 0 unspecified atom stereocenters. The Kier molecular flexibility index (Phi) is 4.02. The van der Waals surface area contributed by atoms with Crippen LogP contribution in [0, 0.1) is 0 Å². The van der Waals surface area contributed by atoms with E-state index in [4.69, 9.17) is 25.8 Å². The van der Waals surface area contributed by atoms with Crippen LogP contribution < -0.4 is 19.5 Å². The van der Waals surface area contributed by atoms with E-state index in [1.165, 1.54) is 13.3 Å². The minimum Gasteiger partial charge on any atom is -0.493 e. The molecule has 2 aromatic rings. The van der Waals surface area contributed by atoms with Gasteiger partial charge in [-0.3, -0.25) is 4.79 Å². The van der Waals surface area contributed by atoms with Crippen molar-refractivity contribution in [3.05, 3.63) is 41.0 Å². The van der Waals surface area contributed by atoms with Crippen LogP contribution in [0.1, 0.15) is 10.4 Å². The minimum atomic E-state index is -0.329. The van der Waals surface area contributed by atoms with E-state index < -0.39 is 0 Å². The number of halogens is 1. The van der Waals surface area contributed by atoms with Gasteiger partial charge in [-0.15, -0.1) is 0 Å². The number of anilines is 1. The summed E-state index contributed by atoms with van der Waals surface area (Å²) >= 11 is 5.76. The van der Waals surface area contributed by atoms with Gasteiger partial charge >= 0.3 is 0 Å². The number of benzene rings is 1. The van der Waals surface area contributed by atoms with Crippen molar-refractivity contribution in [1.29, 1.82) is 0 Å². The summed E-state index contributed by atoms with van der Waals surface area (Å²) in [7, 11) is 1.51. The van der Waals surface area contributed by atoms with E-state index in [9.17, 15) is 4.79 Å². The van der Waals surface area contributed by atoms with Gasteiger partial charge in [-0.2, -0.15) is 0 Å². The number of nitrogens with one attached hydrogen (secondary N) is 1. The maximum absolute atomic E-state index is 12.3. The molecule has 1 aliphatic heterocycles. The largest absolute Gasteiger partial charge is 0.493 e. The Labute approximate surface area is 132 Å². The molecular formula is C15H13ClN2O4. The smallest absolute Gasteiger partial charge is 0.257 e. The zero-order chi connectivity index (χ0) is 15.5. The number of carbonyl (C=O) groups is 1. The molecule has 0 spiro atoms. The third-order valence-corrected chi connectivity index (χ3v) is 3.28. The van der Waals surface area contributed by atoms with Crippen LogP contribution in [0.25, 0.3) is 0 Å². The normalized spacial score (nSPS) is 12.6. The average Bonchev–Trinajstić information content (AvgIpc) is 2.55. The molecule has 22 heavy (non-hydrogen) atoms. The first-order valence-electron chi connectivity index (χ1n) is 6.58. The third kappa shape index (κ3) is 2.92. The van der Waals surface area contributed by atoms with Crippen molar-refractivity contribution in [2.45, 2.75) is 0 Å². The zero-order valence-electron chi connectivity index (χ0n) is 11.8. The molecular weight excluding hydrogens is 308 g/mol. The van der Waals surface area contributed by atoms with Gasteiger partial charge in [0.2, 0.25) is 5.75 Å². The van der Waals surface area contributed by atoms with E-state index in [1.807, 2.05) is 0 Å². The molecule has 0 saturated heterocycles. The topological polar surface area (TPSA) is 69.7 Å². The first-order chi connectivity index (χ1) is 10.7. The van der Waals surface area contributed by atoms with Crippen LogP contribution in [0.5, 0.6) is 17.2 Å². The molecule has 0 fully saturated rings. The van der Waals surface area contributed by atoms with Gasteiger partial charge in [0.25, 0.3) is 5.91 Å². The standard InChI is InChI=1S/C15H13ClN2O4/c1-20-11-6-9(7-12-14(11)22-5-4-21-12)15(19)18-13-3-2-10(16)8-17-13/h2-3,6-8H,4-5H2,1H3,(H,17,18,19). The number of carbonyl (C=O) groups excluding carboxylic acids is 1. The van der Waals surface area contributed by atoms with Crippen molar-refractivity contribution in [2.75, 3.05) is 25.6 Å². The first-order valence-corrected chi connectivity index (χ1v) is 6.95. The van der Waals surface area contributed by atoms with Crippen molar-refractivity contribution >= 4 is 23.3 Å². The molecule has 114 valence electrons. The van der Waals surface area contributed by atoms with Crippen LogP contribution in [-0.2, 0) is 0 Å². The van der Waals surface area contributed by atoms with Gasteiger partial charge in [-0.1, -0.05) is 11.6 Å². The summed E-state index contributed by atoms with van der Waals surface area (Å²) in [5.41, 5.74) is 0.387. The number of pyridine rings is 1. The van der Waals surface area contributed by atoms with Gasteiger partial charge in [0, 0.05) is 11.8 Å². The highest BCUT2D eigenvalue weighted by Crippen LogP contribution is 2.40. The van der Waals surface area contributed by atoms with Crippen molar-refractivity contribution in [3.63, 3.8) is 0 Å². The molecule has 1 aliphatic rings. The van der Waals surface area contributed by atoms with Gasteiger partial charge in [0.15, 0.2) is 11.5 Å². The third-order valence-electron chi connectivity index (χ3n) is 3.06. The first kappa shape index (κ1) is 14.5. The van der Waals surface area contributed by atoms with Crippen LogP contribution >= 0.6 is 11.6 Å². The summed E-state index contributed by atoms with van der Waals surface area (Å²) in [5.74, 6) is 1.52. The van der Waals surface area contributed by atoms with Gasteiger partial charge in [-0.05, 0) is 24.3 Å². The molecule has 1 aromatic carbocycles. The van der Waals surface area contributed by atoms with E-state index in [0.717, 1.165) is 0 Å². The Balaban J connectivity index is 1.87. The average molecular weight is 321 g/mol. The Hall–Kier alpha value is -2.47. The zero-order valence-corrected chi connectivity index (χ0v) is 12.5. The lowest BCUT2D eigenvalue weighted by Crippen LogP contribution is -2.18. The maximum Gasteiger partial charge on any atom is 0.257 e. The minimum absolute atomic E-state index is 0.329. The van der Waals surface area contributed by atoms with Crippen LogP contribution in [0.3, 0.4) is 0 Å². The summed E-state index contributed by atoms with van der Waals surface area (Å²) in [6.07, 6.45) is 1.46. The summed E-state index contributed by atoms with van der Waals surface area (Å²) in [5, 5.41) is 3.18. The second kappa shape index (κ2) is 6.11. The lowest BCUT2D eigenvalue weighted by atomic mass is 10.1. The Morgan fingerprint density at radius 3 is 2.86 bits per heavy atom. The second-order valence-corrected chi connectivity index (χ2v) is 4.95. The molecule has 0 radical (unpaired) electrons. The summed E-state index contributed by atoms with van der Waals surface area (Å²) in [4.78, 5) is 16.3. The predicted molar refractivity (Wildman–Crippen MR) is 81.2 cm³/mol. The number of hydrogen-bond acceptors (Lipinski definition) is 5. The van der Waals surface area contributed by atoms with Gasteiger partial charge < -0.3 is 19.5 Å². The van der Waals surface area contributed by atoms with Crippen LogP contribution in [-0.4, -0.2) is 31.2 Å². The highest BCUT2D eigenvalue weighted by Gasteiger charge is 2.21. The van der Waals surface area contributed by atoms with E-state index in [2.05, 4.69) is 10.3 Å². The molecule has 0 aliphatic carbocycles. The number of ether oxygens (including phenoxy) is 3. The van der Waals surface area contributed by atoms with Crippen molar-refractivity contribution in [2.24, 2.45) is 0 Å². The number of methoxy groups -OCH3 is 1. The maximum atomic E-state index is 12.3. The van der Waals surface area contributed by atoms with E-state index in [-0.39, 0.29) is 5.91 Å². The lowest BCUT2D eigenvalue weighted by Gasteiger charge is -2.21. The molecule has 1 amide bonds. The number of fused-ring (bicyclic) bond motifs is 1. The summed E-state index contributed by atoms with van der Waals surface area (Å²) in [6.45, 7) is 0.879. The van der Waals surface area contributed by atoms with Crippen LogP contribution in [0.2, 0.25) is 5.02 Å². The summed E-state index contributed by atoms with van der Waals surface area (Å²) < 4.78 is 16.3. The molecule has 2 heterocycles. The van der Waals surface area contributed by atoms with Gasteiger partial charge in [-0.25, -0.2) is 4.98 Å². The van der Waals surface area contributed by atoms with Gasteiger partial charge in [0.1, 0.15) is 19.0 Å². The molecule has 3 rings (SSSR count). The van der Waals surface area contributed by atoms with Gasteiger partial charge in [0.05, 0.1) is 12.1 Å². The van der Waals surface area contributed by atoms with Crippen molar-refractivity contribution < 1.29 is 19.0 Å². The van der Waals surface area contributed by atoms with Crippen LogP contribution in [0.4, 0.5) is 5.82 Å². The molecule has 0 atom stereocenters. The highest BCUT2D eigenvalue weighted by atomic mass is 35.5. The summed E-state index contributed by atoms with van der Waals surface area (Å²) in [6, 6.07) is 6.48. The highest BCUT2D eigenvalue weighted by molar-refractivity contribution is 6.30. The number of nitrogens with zero attached hydrogens (tertiary/aromatic N) is 1. The van der Waals surface area contributed by atoms with Crippen molar-refractivity contribution in [3.8, 4) is 17.2 Å². The molecule has 7 heteroatoms. The van der Waals surface area contributed by atoms with E-state index in [0.29, 0.717) is 46.9 Å². The predicted octanol–water partition coefficient (Wildman–Crippen LogP) is 2.77. The van der Waals surface area contributed by atoms with E-state index >= 15 is 0 Å². The fraction of sp³-hybridized carbons (Fsp3) is 0.200. The number of hydrogen-bond donors (Lipinski definition) is 1. The number of amides is 1. The second-order valence-electron chi connectivity index (χ2n) is 4.52. The molecule has 0 bridgehead atoms. The quantitative estimate of drug-likeness (QED) is 0.941. The van der Waals surface area contributed by atoms with Crippen LogP contribution in [0.15, 0.2) is 30.5 Å². The Bertz CT molecular complexity index is 686. The monoisotopic (exact) mass is 320 g/mol. The molecule has 1 aromatic heterocycles. The molecule has 0 saturated carbocycles. The molecule has 6 nitrogen and oxygen atoms in total. The Morgan fingerprint density at radius 1 is 1.32 bits per heavy atom.